The number of hydrogen-bond acceptors (Lipinski definition) is 2. The lowest BCUT2D eigenvalue weighted by Gasteiger charge is -2.32. The van der Waals surface area contributed by atoms with Crippen LogP contribution >= 0.6 is 0 Å². The molecule has 0 spiro atoms. The first kappa shape index (κ1) is 16.7. The summed E-state index contributed by atoms with van der Waals surface area (Å²) in [4.78, 5) is 14.5. The van der Waals surface area contributed by atoms with Gasteiger partial charge in [0.15, 0.2) is 0 Å². The maximum Gasteiger partial charge on any atom is 0.224 e. The van der Waals surface area contributed by atoms with Crippen molar-refractivity contribution in [1.29, 1.82) is 0 Å². The molecule has 4 heteroatoms. The summed E-state index contributed by atoms with van der Waals surface area (Å²) in [6.45, 7) is 2.90. The molecule has 0 aromatic heterocycles. The summed E-state index contributed by atoms with van der Waals surface area (Å²) >= 11 is 0. The van der Waals surface area contributed by atoms with Crippen LogP contribution < -0.4 is 5.32 Å². The van der Waals surface area contributed by atoms with E-state index in [0.717, 1.165) is 32.5 Å². The van der Waals surface area contributed by atoms with E-state index in [1.165, 1.54) is 11.6 Å². The largest absolute Gasteiger partial charge is 0.353 e. The minimum absolute atomic E-state index is 0.0957. The van der Waals surface area contributed by atoms with Crippen molar-refractivity contribution < 1.29 is 9.18 Å². The molecule has 1 saturated heterocycles. The van der Waals surface area contributed by atoms with Gasteiger partial charge in [0.2, 0.25) is 5.91 Å². The van der Waals surface area contributed by atoms with Gasteiger partial charge in [0.1, 0.15) is 5.82 Å². The van der Waals surface area contributed by atoms with Crippen molar-refractivity contribution in [3.8, 4) is 0 Å². The summed E-state index contributed by atoms with van der Waals surface area (Å²) < 4.78 is 13.6. The predicted octanol–water partition coefficient (Wildman–Crippen LogP) is 3.15. The molecule has 1 N–H and O–H groups in total. The third kappa shape index (κ3) is 4.65. The molecule has 0 bridgehead atoms. The van der Waals surface area contributed by atoms with Crippen LogP contribution in [0.4, 0.5) is 4.39 Å². The number of amides is 1. The van der Waals surface area contributed by atoms with Gasteiger partial charge in [-0.15, -0.1) is 0 Å². The van der Waals surface area contributed by atoms with E-state index in [-0.39, 0.29) is 24.2 Å². The fourth-order valence-electron chi connectivity index (χ4n) is 3.17. The van der Waals surface area contributed by atoms with E-state index in [2.05, 4.69) is 34.5 Å². The number of benzene rings is 2. The number of carbonyl (C=O) groups is 1. The maximum atomic E-state index is 13.6. The summed E-state index contributed by atoms with van der Waals surface area (Å²) in [6, 6.07) is 17.1. The van der Waals surface area contributed by atoms with Crippen molar-refractivity contribution >= 4 is 5.91 Å². The number of hydrogen-bond donors (Lipinski definition) is 1. The second kappa shape index (κ2) is 8.06. The zero-order valence-electron chi connectivity index (χ0n) is 13.7. The molecule has 1 fully saturated rings. The quantitative estimate of drug-likeness (QED) is 0.916. The van der Waals surface area contributed by atoms with Crippen LogP contribution in [0.5, 0.6) is 0 Å². The summed E-state index contributed by atoms with van der Waals surface area (Å²) in [7, 11) is 0. The minimum Gasteiger partial charge on any atom is -0.353 e. The van der Waals surface area contributed by atoms with Gasteiger partial charge in [-0.2, -0.15) is 0 Å². The number of nitrogens with one attached hydrogen (secondary N) is 1. The zero-order valence-corrected chi connectivity index (χ0v) is 13.7. The number of carbonyl (C=O) groups excluding carboxylic acids is 1. The Balaban J connectivity index is 1.43. The van der Waals surface area contributed by atoms with Crippen LogP contribution in [-0.2, 0) is 17.8 Å². The summed E-state index contributed by atoms with van der Waals surface area (Å²) in [5, 5.41) is 3.05. The predicted molar refractivity (Wildman–Crippen MR) is 93.0 cm³/mol. The molecule has 1 amide bonds. The smallest absolute Gasteiger partial charge is 0.224 e. The van der Waals surface area contributed by atoms with Gasteiger partial charge in [0, 0.05) is 25.7 Å². The second-order valence-electron chi connectivity index (χ2n) is 6.37. The lowest BCUT2D eigenvalue weighted by atomic mass is 10.0. The second-order valence-corrected chi connectivity index (χ2v) is 6.37. The van der Waals surface area contributed by atoms with Crippen LogP contribution in [0, 0.1) is 5.82 Å². The van der Waals surface area contributed by atoms with Gasteiger partial charge in [-0.25, -0.2) is 4.39 Å². The summed E-state index contributed by atoms with van der Waals surface area (Å²) in [6.07, 6.45) is 1.99. The minimum atomic E-state index is -0.315. The molecule has 0 atom stereocenters. The van der Waals surface area contributed by atoms with E-state index in [4.69, 9.17) is 0 Å². The van der Waals surface area contributed by atoms with Crippen LogP contribution in [0.3, 0.4) is 0 Å². The highest BCUT2D eigenvalue weighted by atomic mass is 18.2. The number of likely N-dealkylation sites (tertiary alicyclic amines) is 1. The Labute approximate surface area is 142 Å². The molecule has 3 nitrogen and oxygen atoms in total. The maximum absolute atomic E-state index is 13.6. The SMILES string of the molecule is O=C(Cc1ccccc1[18F])NC1CCN(Cc2ccccc2)CC1. The van der Waals surface area contributed by atoms with Gasteiger partial charge in [0.05, 0.1) is 6.42 Å². The van der Waals surface area contributed by atoms with Gasteiger partial charge in [0.25, 0.3) is 0 Å². The summed E-state index contributed by atoms with van der Waals surface area (Å²) in [5.41, 5.74) is 1.77. The number of piperidine rings is 1. The van der Waals surface area contributed by atoms with Crippen molar-refractivity contribution in [2.45, 2.75) is 31.8 Å². The average Bonchev–Trinajstić information content (AvgIpc) is 2.60. The monoisotopic (exact) mass is 325 g/mol. The Morgan fingerprint density at radius 2 is 1.71 bits per heavy atom. The van der Waals surface area contributed by atoms with Gasteiger partial charge < -0.3 is 5.32 Å². The Kier molecular flexibility index (Phi) is 5.59. The van der Waals surface area contributed by atoms with Crippen LogP contribution in [0.1, 0.15) is 24.0 Å². The molecule has 0 saturated carbocycles. The molecule has 0 aliphatic carbocycles. The van der Waals surface area contributed by atoms with Crippen LogP contribution in [-0.4, -0.2) is 29.9 Å². The molecule has 126 valence electrons. The first-order valence-corrected chi connectivity index (χ1v) is 8.50. The first-order valence-electron chi connectivity index (χ1n) is 8.50. The standard InChI is InChI=1S/C20H23FN2O/c21-19-9-5-4-8-17(19)14-20(24)22-18-10-12-23(13-11-18)15-16-6-2-1-3-7-16/h1-9,18H,10-15H2,(H,22,24)/i21-1. The van der Waals surface area contributed by atoms with Gasteiger partial charge in [-0.1, -0.05) is 48.5 Å². The Hall–Kier alpha value is -2.20. The van der Waals surface area contributed by atoms with Crippen molar-refractivity contribution in [3.05, 3.63) is 71.5 Å². The molecule has 1 aliphatic heterocycles. The molecular weight excluding hydrogens is 302 g/mol. The van der Waals surface area contributed by atoms with Crippen molar-refractivity contribution in [2.24, 2.45) is 0 Å². The molecule has 1 aliphatic rings. The highest BCUT2D eigenvalue weighted by molar-refractivity contribution is 5.78. The normalized spacial score (nSPS) is 16.0. The number of halogens is 1. The molecule has 2 aromatic carbocycles. The highest BCUT2D eigenvalue weighted by Gasteiger charge is 2.21. The van der Waals surface area contributed by atoms with Crippen LogP contribution in [0.15, 0.2) is 54.6 Å². The Morgan fingerprint density at radius 1 is 1.04 bits per heavy atom. The van der Waals surface area contributed by atoms with Crippen LogP contribution in [0.25, 0.3) is 0 Å². The molecule has 1 heterocycles. The third-order valence-corrected chi connectivity index (χ3v) is 4.51. The molecule has 24 heavy (non-hydrogen) atoms. The van der Waals surface area contributed by atoms with Crippen molar-refractivity contribution in [1.82, 2.24) is 10.2 Å². The lowest BCUT2D eigenvalue weighted by molar-refractivity contribution is -0.121. The van der Waals surface area contributed by atoms with Gasteiger partial charge in [-0.3, -0.25) is 9.69 Å². The van der Waals surface area contributed by atoms with Gasteiger partial charge >= 0.3 is 0 Å². The lowest BCUT2D eigenvalue weighted by Crippen LogP contribution is -2.44. The van der Waals surface area contributed by atoms with Gasteiger partial charge in [-0.05, 0) is 30.0 Å². The molecule has 0 radical (unpaired) electrons. The summed E-state index contributed by atoms with van der Waals surface area (Å²) in [5.74, 6) is -0.410. The fourth-order valence-corrected chi connectivity index (χ4v) is 3.17. The highest BCUT2D eigenvalue weighted by Crippen LogP contribution is 2.14. The van der Waals surface area contributed by atoms with Crippen molar-refractivity contribution in [2.75, 3.05) is 13.1 Å². The number of nitrogens with zero attached hydrogens (tertiary/aromatic N) is 1. The fraction of sp³-hybridized carbons (Fsp3) is 0.350. The molecule has 0 unspecified atom stereocenters. The molecule has 3 rings (SSSR count). The van der Waals surface area contributed by atoms with Crippen molar-refractivity contribution in [3.63, 3.8) is 0 Å². The number of rotatable bonds is 5. The van der Waals surface area contributed by atoms with E-state index in [1.807, 2.05) is 6.07 Å². The molecular formula is C20H23FN2O. The van der Waals surface area contributed by atoms with Crippen LogP contribution in [0.2, 0.25) is 0 Å². The van der Waals surface area contributed by atoms with E-state index < -0.39 is 0 Å². The first-order chi connectivity index (χ1) is 11.7. The van der Waals surface area contributed by atoms with E-state index in [9.17, 15) is 9.18 Å². The topological polar surface area (TPSA) is 32.3 Å². The Bertz CT molecular complexity index is 666. The third-order valence-electron chi connectivity index (χ3n) is 4.51. The average molecular weight is 325 g/mol. The zero-order chi connectivity index (χ0) is 16.8. The van der Waals surface area contributed by atoms with E-state index in [0.29, 0.717) is 5.56 Å². The van der Waals surface area contributed by atoms with E-state index >= 15 is 0 Å². The Morgan fingerprint density at radius 3 is 2.42 bits per heavy atom. The molecule has 2 aromatic rings. The van der Waals surface area contributed by atoms with E-state index in [1.54, 1.807) is 18.2 Å².